The van der Waals surface area contributed by atoms with Gasteiger partial charge in [0.15, 0.2) is 5.16 Å². The molecule has 7 nitrogen and oxygen atoms in total. The Bertz CT molecular complexity index is 1190. The second kappa shape index (κ2) is 7.77. The van der Waals surface area contributed by atoms with Gasteiger partial charge in [-0.1, -0.05) is 30.0 Å². The van der Waals surface area contributed by atoms with Crippen LogP contribution in [0.4, 0.5) is 0 Å². The first kappa shape index (κ1) is 18.1. The molecule has 0 unspecified atom stereocenters. The van der Waals surface area contributed by atoms with Gasteiger partial charge in [0.25, 0.3) is 0 Å². The fraction of sp³-hybridized carbons (Fsp3) is 0.150. The zero-order valence-electron chi connectivity index (χ0n) is 15.4. The van der Waals surface area contributed by atoms with Gasteiger partial charge in [-0.05, 0) is 29.8 Å². The van der Waals surface area contributed by atoms with E-state index in [9.17, 15) is 4.79 Å². The van der Waals surface area contributed by atoms with Gasteiger partial charge in [-0.25, -0.2) is 0 Å². The van der Waals surface area contributed by atoms with Gasteiger partial charge in [-0.15, -0.1) is 10.2 Å². The fourth-order valence-electron chi connectivity index (χ4n) is 2.84. The first-order chi connectivity index (χ1) is 13.7. The standard InChI is InChI=1S/C20H18N4O3S/c1-26-16-7-3-5-14(11-16)13-28-20-22-21-18-19(25)23(9-10-24(18)20)15-6-4-8-17(12-15)27-2/h3-12H,13H2,1-2H3. The number of rotatable bonds is 6. The lowest BCUT2D eigenvalue weighted by Gasteiger charge is -2.08. The van der Waals surface area contributed by atoms with E-state index >= 15 is 0 Å². The van der Waals surface area contributed by atoms with Crippen LogP contribution in [0.25, 0.3) is 11.3 Å². The molecule has 8 heteroatoms. The van der Waals surface area contributed by atoms with Gasteiger partial charge in [0.05, 0.1) is 19.9 Å². The summed E-state index contributed by atoms with van der Waals surface area (Å²) in [7, 11) is 3.24. The molecule has 0 saturated carbocycles. The van der Waals surface area contributed by atoms with Crippen molar-refractivity contribution in [2.24, 2.45) is 0 Å². The highest BCUT2D eigenvalue weighted by molar-refractivity contribution is 7.98. The fourth-order valence-corrected chi connectivity index (χ4v) is 3.70. The second-order valence-corrected chi connectivity index (χ2v) is 6.93. The van der Waals surface area contributed by atoms with E-state index in [0.29, 0.717) is 22.3 Å². The third-order valence-electron chi connectivity index (χ3n) is 4.27. The van der Waals surface area contributed by atoms with Crippen molar-refractivity contribution in [3.8, 4) is 17.2 Å². The third-order valence-corrected chi connectivity index (χ3v) is 5.29. The Morgan fingerprint density at radius 2 is 1.71 bits per heavy atom. The Morgan fingerprint density at radius 1 is 0.964 bits per heavy atom. The largest absolute Gasteiger partial charge is 0.497 e. The van der Waals surface area contributed by atoms with Crippen molar-refractivity contribution >= 4 is 17.4 Å². The molecule has 0 N–H and O–H groups in total. The van der Waals surface area contributed by atoms with Crippen molar-refractivity contribution in [2.75, 3.05) is 14.2 Å². The molecule has 0 fully saturated rings. The Kier molecular flexibility index (Phi) is 5.03. The number of nitrogens with zero attached hydrogens (tertiary/aromatic N) is 4. The van der Waals surface area contributed by atoms with E-state index in [1.807, 2.05) is 42.5 Å². The average Bonchev–Trinajstić information content (AvgIpc) is 3.16. The summed E-state index contributed by atoms with van der Waals surface area (Å²) in [5, 5.41) is 8.94. The molecule has 28 heavy (non-hydrogen) atoms. The molecule has 0 atom stereocenters. The minimum atomic E-state index is -0.239. The molecule has 4 rings (SSSR count). The normalized spacial score (nSPS) is 10.9. The number of methoxy groups -OCH3 is 2. The number of hydrogen-bond acceptors (Lipinski definition) is 6. The maximum Gasteiger partial charge on any atom is 0.300 e. The van der Waals surface area contributed by atoms with Crippen LogP contribution in [0.2, 0.25) is 0 Å². The molecule has 0 radical (unpaired) electrons. The number of aromatic nitrogens is 4. The second-order valence-electron chi connectivity index (χ2n) is 5.99. The predicted molar refractivity (Wildman–Crippen MR) is 108 cm³/mol. The van der Waals surface area contributed by atoms with Crippen LogP contribution in [0.15, 0.2) is 70.9 Å². The van der Waals surface area contributed by atoms with E-state index in [0.717, 1.165) is 11.3 Å². The zero-order chi connectivity index (χ0) is 19.5. The van der Waals surface area contributed by atoms with Crippen molar-refractivity contribution in [3.05, 3.63) is 76.8 Å². The van der Waals surface area contributed by atoms with Crippen LogP contribution in [-0.2, 0) is 5.75 Å². The van der Waals surface area contributed by atoms with Crippen molar-refractivity contribution in [1.82, 2.24) is 19.2 Å². The van der Waals surface area contributed by atoms with Gasteiger partial charge < -0.3 is 9.47 Å². The van der Waals surface area contributed by atoms with E-state index in [-0.39, 0.29) is 11.2 Å². The van der Waals surface area contributed by atoms with Crippen molar-refractivity contribution in [1.29, 1.82) is 0 Å². The lowest BCUT2D eigenvalue weighted by molar-refractivity contribution is 0.414. The van der Waals surface area contributed by atoms with Crippen LogP contribution in [-0.4, -0.2) is 33.4 Å². The van der Waals surface area contributed by atoms with Gasteiger partial charge >= 0.3 is 5.56 Å². The summed E-state index contributed by atoms with van der Waals surface area (Å²) in [5.74, 6) is 2.18. The highest BCUT2D eigenvalue weighted by Gasteiger charge is 2.12. The zero-order valence-corrected chi connectivity index (χ0v) is 16.2. The maximum absolute atomic E-state index is 12.9. The number of fused-ring (bicyclic) bond motifs is 1. The van der Waals surface area contributed by atoms with Gasteiger partial charge in [0.2, 0.25) is 5.65 Å². The lowest BCUT2D eigenvalue weighted by atomic mass is 10.2. The monoisotopic (exact) mass is 394 g/mol. The van der Waals surface area contributed by atoms with Gasteiger partial charge in [0, 0.05) is 24.2 Å². The molecule has 0 aliphatic rings. The number of hydrogen-bond donors (Lipinski definition) is 0. The van der Waals surface area contributed by atoms with Crippen LogP contribution in [0.3, 0.4) is 0 Å². The Labute approximate surface area is 165 Å². The van der Waals surface area contributed by atoms with E-state index in [1.54, 1.807) is 37.1 Å². The summed E-state index contributed by atoms with van der Waals surface area (Å²) in [6.07, 6.45) is 3.51. The van der Waals surface area contributed by atoms with Crippen LogP contribution in [0.1, 0.15) is 5.56 Å². The summed E-state index contributed by atoms with van der Waals surface area (Å²) < 4.78 is 13.7. The van der Waals surface area contributed by atoms with Gasteiger partial charge in [0.1, 0.15) is 11.5 Å². The molecular weight excluding hydrogens is 376 g/mol. The molecule has 0 saturated heterocycles. The molecule has 0 bridgehead atoms. The van der Waals surface area contributed by atoms with Crippen molar-refractivity contribution in [2.45, 2.75) is 10.9 Å². The summed E-state index contributed by atoms with van der Waals surface area (Å²) >= 11 is 1.51. The van der Waals surface area contributed by atoms with Gasteiger partial charge in [-0.2, -0.15) is 0 Å². The van der Waals surface area contributed by atoms with Crippen molar-refractivity contribution in [3.63, 3.8) is 0 Å². The van der Waals surface area contributed by atoms with Crippen LogP contribution < -0.4 is 15.0 Å². The Morgan fingerprint density at radius 3 is 2.50 bits per heavy atom. The van der Waals surface area contributed by atoms with E-state index in [2.05, 4.69) is 10.2 Å². The molecule has 142 valence electrons. The predicted octanol–water partition coefficient (Wildman–Crippen LogP) is 3.19. The molecule has 0 aliphatic heterocycles. The topological polar surface area (TPSA) is 70.7 Å². The van der Waals surface area contributed by atoms with Crippen LogP contribution in [0, 0.1) is 0 Å². The number of ether oxygens (including phenoxy) is 2. The van der Waals surface area contributed by atoms with E-state index < -0.39 is 0 Å². The number of benzene rings is 2. The molecule has 2 aromatic heterocycles. The summed E-state index contributed by atoms with van der Waals surface area (Å²) in [6.45, 7) is 0. The third kappa shape index (κ3) is 3.46. The smallest absolute Gasteiger partial charge is 0.300 e. The summed E-state index contributed by atoms with van der Waals surface area (Å²) in [4.78, 5) is 12.9. The minimum absolute atomic E-state index is 0.239. The highest BCUT2D eigenvalue weighted by Crippen LogP contribution is 2.23. The first-order valence-corrected chi connectivity index (χ1v) is 9.54. The summed E-state index contributed by atoms with van der Waals surface area (Å²) in [5.41, 5.74) is 1.85. The van der Waals surface area contributed by atoms with Crippen LogP contribution in [0.5, 0.6) is 11.5 Å². The molecule has 4 aromatic rings. The highest BCUT2D eigenvalue weighted by atomic mass is 32.2. The number of thioether (sulfide) groups is 1. The van der Waals surface area contributed by atoms with Gasteiger partial charge in [-0.3, -0.25) is 13.8 Å². The molecular formula is C20H18N4O3S. The minimum Gasteiger partial charge on any atom is -0.497 e. The first-order valence-electron chi connectivity index (χ1n) is 8.56. The molecule has 2 heterocycles. The van der Waals surface area contributed by atoms with Crippen LogP contribution >= 0.6 is 11.8 Å². The van der Waals surface area contributed by atoms with E-state index in [1.165, 1.54) is 16.3 Å². The lowest BCUT2D eigenvalue weighted by Crippen LogP contribution is -2.20. The maximum atomic E-state index is 12.9. The Balaban J connectivity index is 1.63. The molecule has 0 aliphatic carbocycles. The molecule has 2 aromatic carbocycles. The Hall–Kier alpha value is -3.26. The molecule has 0 amide bonds. The van der Waals surface area contributed by atoms with Crippen molar-refractivity contribution < 1.29 is 9.47 Å². The summed E-state index contributed by atoms with van der Waals surface area (Å²) in [6, 6.07) is 15.2. The SMILES string of the molecule is COc1cccc(CSc2nnc3c(=O)n(-c4cccc(OC)c4)ccn23)c1. The average molecular weight is 394 g/mol. The van der Waals surface area contributed by atoms with E-state index in [4.69, 9.17) is 9.47 Å². The quantitative estimate of drug-likeness (QED) is 0.468. The molecule has 0 spiro atoms.